The van der Waals surface area contributed by atoms with Crippen LogP contribution in [0.4, 0.5) is 0 Å². The first-order valence-corrected chi connectivity index (χ1v) is 5.19. The zero-order valence-corrected chi connectivity index (χ0v) is 8.61. The van der Waals surface area contributed by atoms with Crippen molar-refractivity contribution in [2.24, 2.45) is 0 Å². The highest BCUT2D eigenvalue weighted by atomic mass is 16.5. The third-order valence-electron chi connectivity index (χ3n) is 2.49. The van der Waals surface area contributed by atoms with Crippen LogP contribution in [0.3, 0.4) is 0 Å². The first-order valence-electron chi connectivity index (χ1n) is 5.19. The van der Waals surface area contributed by atoms with E-state index in [4.69, 9.17) is 15.9 Å². The molecule has 0 amide bonds. The van der Waals surface area contributed by atoms with Gasteiger partial charge in [-0.15, -0.1) is 6.42 Å². The maximum absolute atomic E-state index is 5.81. The van der Waals surface area contributed by atoms with Gasteiger partial charge < -0.3 is 9.47 Å². The molecule has 0 N–H and O–H groups in total. The molecule has 2 heteroatoms. The van der Waals surface area contributed by atoms with E-state index in [0.717, 1.165) is 37.4 Å². The molecule has 0 atom stereocenters. The van der Waals surface area contributed by atoms with Crippen molar-refractivity contribution in [1.29, 1.82) is 0 Å². The number of benzene rings is 1. The monoisotopic (exact) mass is 202 g/mol. The van der Waals surface area contributed by atoms with Crippen LogP contribution in [0.2, 0.25) is 0 Å². The summed E-state index contributed by atoms with van der Waals surface area (Å²) in [6, 6.07) is 7.64. The lowest BCUT2D eigenvalue weighted by Crippen LogP contribution is -2.25. The number of ether oxygens (including phenoxy) is 2. The fraction of sp³-hybridized carbons (Fsp3) is 0.385. The Hall–Kier alpha value is -1.46. The second kappa shape index (κ2) is 4.86. The highest BCUT2D eigenvalue weighted by molar-refractivity contribution is 5.36. The van der Waals surface area contributed by atoms with Gasteiger partial charge >= 0.3 is 0 Å². The van der Waals surface area contributed by atoms with Crippen molar-refractivity contribution in [3.05, 3.63) is 29.8 Å². The maximum atomic E-state index is 5.81. The van der Waals surface area contributed by atoms with Crippen LogP contribution in [0.25, 0.3) is 0 Å². The lowest BCUT2D eigenvalue weighted by Gasteiger charge is -2.23. The van der Waals surface area contributed by atoms with Gasteiger partial charge in [-0.25, -0.2) is 0 Å². The summed E-state index contributed by atoms with van der Waals surface area (Å²) in [5, 5.41) is 0. The Labute approximate surface area is 90.2 Å². The minimum atomic E-state index is 0.287. The summed E-state index contributed by atoms with van der Waals surface area (Å²) in [5.74, 6) is 3.47. The minimum Gasteiger partial charge on any atom is -0.490 e. The fourth-order valence-electron chi connectivity index (χ4n) is 1.62. The van der Waals surface area contributed by atoms with Gasteiger partial charge in [0.15, 0.2) is 0 Å². The maximum Gasteiger partial charge on any atom is 0.119 e. The summed E-state index contributed by atoms with van der Waals surface area (Å²) in [6.07, 6.45) is 7.50. The van der Waals surface area contributed by atoms with Gasteiger partial charge in [-0.3, -0.25) is 0 Å². The summed E-state index contributed by atoms with van der Waals surface area (Å²) in [7, 11) is 0. The molecule has 1 aromatic carbocycles. The summed E-state index contributed by atoms with van der Waals surface area (Å²) in [6.45, 7) is 1.60. The van der Waals surface area contributed by atoms with Crippen LogP contribution >= 0.6 is 0 Å². The molecule has 0 unspecified atom stereocenters. The molecule has 0 aromatic heterocycles. The predicted molar refractivity (Wildman–Crippen MR) is 58.8 cm³/mol. The zero-order valence-electron chi connectivity index (χ0n) is 8.61. The molecule has 0 radical (unpaired) electrons. The van der Waals surface area contributed by atoms with E-state index >= 15 is 0 Å². The largest absolute Gasteiger partial charge is 0.490 e. The van der Waals surface area contributed by atoms with Gasteiger partial charge in [0, 0.05) is 18.4 Å². The van der Waals surface area contributed by atoms with Crippen molar-refractivity contribution >= 4 is 0 Å². The van der Waals surface area contributed by atoms with Crippen LogP contribution in [0.5, 0.6) is 5.75 Å². The highest BCUT2D eigenvalue weighted by Crippen LogP contribution is 2.18. The van der Waals surface area contributed by atoms with E-state index in [2.05, 4.69) is 5.92 Å². The molecule has 0 bridgehead atoms. The third-order valence-corrected chi connectivity index (χ3v) is 2.49. The molecular formula is C13H14O2. The van der Waals surface area contributed by atoms with Crippen molar-refractivity contribution in [2.45, 2.75) is 18.9 Å². The summed E-state index contributed by atoms with van der Waals surface area (Å²) < 4.78 is 11.1. The van der Waals surface area contributed by atoms with Gasteiger partial charge in [0.05, 0.1) is 13.2 Å². The van der Waals surface area contributed by atoms with Gasteiger partial charge in [-0.1, -0.05) is 5.92 Å². The predicted octanol–water partition coefficient (Wildman–Crippen LogP) is 2.23. The average molecular weight is 202 g/mol. The Bertz CT molecular complexity index is 342. The fourth-order valence-corrected chi connectivity index (χ4v) is 1.62. The van der Waals surface area contributed by atoms with Crippen molar-refractivity contribution in [3.8, 4) is 18.1 Å². The Morgan fingerprint density at radius 1 is 1.20 bits per heavy atom. The average Bonchev–Trinajstić information content (AvgIpc) is 2.31. The first kappa shape index (κ1) is 10.1. The molecular weight excluding hydrogens is 188 g/mol. The van der Waals surface area contributed by atoms with Gasteiger partial charge in [-0.05, 0) is 24.3 Å². The normalized spacial score (nSPS) is 17.0. The van der Waals surface area contributed by atoms with E-state index in [0.29, 0.717) is 0 Å². The second-order valence-corrected chi connectivity index (χ2v) is 3.60. The van der Waals surface area contributed by atoms with E-state index in [1.165, 1.54) is 0 Å². The minimum absolute atomic E-state index is 0.287. The topological polar surface area (TPSA) is 18.5 Å². The molecule has 1 aliphatic rings. The molecule has 1 aliphatic heterocycles. The summed E-state index contributed by atoms with van der Waals surface area (Å²) >= 11 is 0. The van der Waals surface area contributed by atoms with Gasteiger partial charge in [0.25, 0.3) is 0 Å². The lowest BCUT2D eigenvalue weighted by atomic mass is 10.1. The standard InChI is InChI=1S/C13H14O2/c1-2-11-3-5-12(6-4-11)15-13-7-9-14-10-8-13/h1,3-6,13H,7-10H2. The first-order chi connectivity index (χ1) is 7.38. The molecule has 15 heavy (non-hydrogen) atoms. The van der Waals surface area contributed by atoms with Crippen LogP contribution in [0, 0.1) is 12.3 Å². The number of hydrogen-bond donors (Lipinski definition) is 0. The molecule has 78 valence electrons. The van der Waals surface area contributed by atoms with Crippen molar-refractivity contribution in [2.75, 3.05) is 13.2 Å². The van der Waals surface area contributed by atoms with Gasteiger partial charge in [0.2, 0.25) is 0 Å². The van der Waals surface area contributed by atoms with Crippen molar-refractivity contribution in [1.82, 2.24) is 0 Å². The van der Waals surface area contributed by atoms with Crippen LogP contribution in [-0.4, -0.2) is 19.3 Å². The smallest absolute Gasteiger partial charge is 0.119 e. The van der Waals surface area contributed by atoms with E-state index < -0.39 is 0 Å². The van der Waals surface area contributed by atoms with E-state index in [-0.39, 0.29) is 6.10 Å². The number of hydrogen-bond acceptors (Lipinski definition) is 2. The molecule has 1 saturated heterocycles. The summed E-state index contributed by atoms with van der Waals surface area (Å²) in [5.41, 5.74) is 0.884. The van der Waals surface area contributed by atoms with E-state index in [1.807, 2.05) is 24.3 Å². The Morgan fingerprint density at radius 2 is 1.87 bits per heavy atom. The van der Waals surface area contributed by atoms with E-state index in [1.54, 1.807) is 0 Å². The van der Waals surface area contributed by atoms with Gasteiger partial charge in [-0.2, -0.15) is 0 Å². The summed E-state index contributed by atoms with van der Waals surface area (Å²) in [4.78, 5) is 0. The highest BCUT2D eigenvalue weighted by Gasteiger charge is 2.14. The molecule has 2 rings (SSSR count). The Balaban J connectivity index is 1.95. The van der Waals surface area contributed by atoms with E-state index in [9.17, 15) is 0 Å². The van der Waals surface area contributed by atoms with Crippen LogP contribution < -0.4 is 4.74 Å². The van der Waals surface area contributed by atoms with Crippen LogP contribution in [-0.2, 0) is 4.74 Å². The third kappa shape index (κ3) is 2.74. The second-order valence-electron chi connectivity index (χ2n) is 3.60. The molecule has 0 spiro atoms. The molecule has 1 aromatic rings. The lowest BCUT2D eigenvalue weighted by molar-refractivity contribution is 0.0256. The molecule has 0 saturated carbocycles. The Kier molecular flexibility index (Phi) is 3.26. The van der Waals surface area contributed by atoms with Crippen LogP contribution in [0.15, 0.2) is 24.3 Å². The molecule has 1 fully saturated rings. The number of rotatable bonds is 2. The Morgan fingerprint density at radius 3 is 2.47 bits per heavy atom. The van der Waals surface area contributed by atoms with Crippen molar-refractivity contribution in [3.63, 3.8) is 0 Å². The zero-order chi connectivity index (χ0) is 10.5. The SMILES string of the molecule is C#Cc1ccc(OC2CCOCC2)cc1. The quantitative estimate of drug-likeness (QED) is 0.685. The molecule has 0 aliphatic carbocycles. The van der Waals surface area contributed by atoms with Crippen molar-refractivity contribution < 1.29 is 9.47 Å². The van der Waals surface area contributed by atoms with Crippen LogP contribution in [0.1, 0.15) is 18.4 Å². The van der Waals surface area contributed by atoms with Gasteiger partial charge in [0.1, 0.15) is 11.9 Å². The molecule has 2 nitrogen and oxygen atoms in total. The molecule has 1 heterocycles. The number of terminal acetylenes is 1.